The molecule has 3 N–H and O–H groups in total. The van der Waals surface area contributed by atoms with E-state index in [0.29, 0.717) is 23.9 Å². The number of amides is 2. The molecule has 4 aromatic rings. The summed E-state index contributed by atoms with van der Waals surface area (Å²) in [6.45, 7) is 3.89. The minimum Gasteiger partial charge on any atom is -0.494 e. The van der Waals surface area contributed by atoms with Crippen LogP contribution in [0.2, 0.25) is 0 Å². The summed E-state index contributed by atoms with van der Waals surface area (Å²) in [4.78, 5) is 26.4. The van der Waals surface area contributed by atoms with E-state index >= 15 is 8.78 Å². The third kappa shape index (κ3) is 6.79. The zero-order valence-corrected chi connectivity index (χ0v) is 24.9. The smallest absolute Gasteiger partial charge is 0.320 e. The van der Waals surface area contributed by atoms with Gasteiger partial charge in [-0.15, -0.1) is 0 Å². The molecule has 12 heteroatoms. The Balaban J connectivity index is 1.35. The van der Waals surface area contributed by atoms with Crippen LogP contribution in [0.3, 0.4) is 0 Å². The molecule has 10 nitrogen and oxygen atoms in total. The van der Waals surface area contributed by atoms with Crippen molar-refractivity contribution in [2.45, 2.75) is 77.3 Å². The quantitative estimate of drug-likeness (QED) is 0.182. The van der Waals surface area contributed by atoms with Crippen molar-refractivity contribution >= 4 is 23.4 Å². The Hall–Kier alpha value is -4.61. The van der Waals surface area contributed by atoms with Gasteiger partial charge in [0.2, 0.25) is 0 Å². The molecule has 2 fully saturated rings. The summed E-state index contributed by atoms with van der Waals surface area (Å²) in [5, 5.41) is 14.0. The summed E-state index contributed by atoms with van der Waals surface area (Å²) in [6, 6.07) is 7.45. The topological polar surface area (TPSA) is 119 Å². The molecular formula is C32H36F2N8O2. The average Bonchev–Trinajstić information content (AvgIpc) is 3.78. The normalized spacial score (nSPS) is 15.2. The van der Waals surface area contributed by atoms with Crippen LogP contribution in [0.4, 0.5) is 30.9 Å². The number of ether oxygens (including phenoxy) is 1. The fraction of sp³-hybridized carbons (Fsp3) is 0.406. The first kappa shape index (κ1) is 29.5. The van der Waals surface area contributed by atoms with Crippen molar-refractivity contribution in [2.75, 3.05) is 17.2 Å². The van der Waals surface area contributed by atoms with E-state index < -0.39 is 11.6 Å². The van der Waals surface area contributed by atoms with Crippen LogP contribution in [0.5, 0.6) is 5.75 Å². The molecule has 2 amide bonds. The number of carbonyl (C=O) groups is 1. The molecule has 0 saturated heterocycles. The number of carbonyl (C=O) groups excluding carboxylic acids is 1. The fourth-order valence-corrected chi connectivity index (χ4v) is 5.75. The molecule has 1 aromatic carbocycles. The molecule has 0 spiro atoms. The Morgan fingerprint density at radius 1 is 1.00 bits per heavy atom. The van der Waals surface area contributed by atoms with Crippen LogP contribution in [-0.2, 0) is 6.54 Å². The molecule has 0 aliphatic heterocycles. The molecule has 0 unspecified atom stereocenters. The minimum atomic E-state index is -0.694. The Morgan fingerprint density at radius 3 is 2.39 bits per heavy atom. The van der Waals surface area contributed by atoms with Gasteiger partial charge in [0.05, 0.1) is 13.2 Å². The van der Waals surface area contributed by atoms with Crippen molar-refractivity contribution in [3.8, 4) is 17.3 Å². The summed E-state index contributed by atoms with van der Waals surface area (Å²) in [7, 11) is 0. The van der Waals surface area contributed by atoms with Crippen molar-refractivity contribution in [3.05, 3.63) is 71.2 Å². The van der Waals surface area contributed by atoms with Crippen LogP contribution in [-0.4, -0.2) is 43.4 Å². The second-order valence-electron chi connectivity index (χ2n) is 11.3. The number of halogens is 2. The molecule has 0 radical (unpaired) electrons. The number of nitrogens with zero attached hydrogens (tertiary/aromatic N) is 5. The molecule has 0 bridgehead atoms. The van der Waals surface area contributed by atoms with Crippen molar-refractivity contribution in [1.29, 1.82) is 0 Å². The maximum Gasteiger partial charge on any atom is 0.320 e. The van der Waals surface area contributed by atoms with Crippen LogP contribution >= 0.6 is 0 Å². The van der Waals surface area contributed by atoms with E-state index in [0.717, 1.165) is 55.5 Å². The van der Waals surface area contributed by atoms with Crippen molar-refractivity contribution < 1.29 is 18.3 Å². The van der Waals surface area contributed by atoms with Gasteiger partial charge in [-0.05, 0) is 51.7 Å². The summed E-state index contributed by atoms with van der Waals surface area (Å²) in [6.07, 6.45) is 10.5. The molecule has 3 aromatic heterocycles. The number of nitrogens with one attached hydrogen (secondary N) is 3. The van der Waals surface area contributed by atoms with Gasteiger partial charge in [0.15, 0.2) is 5.82 Å². The minimum absolute atomic E-state index is 0.0966. The fourth-order valence-electron chi connectivity index (χ4n) is 5.75. The molecular weight excluding hydrogens is 566 g/mol. The molecule has 2 saturated carbocycles. The second kappa shape index (κ2) is 12.9. The number of hydrogen-bond acceptors (Lipinski definition) is 7. The Morgan fingerprint density at radius 2 is 1.70 bits per heavy atom. The third-order valence-corrected chi connectivity index (χ3v) is 8.01. The van der Waals surface area contributed by atoms with E-state index in [1.807, 2.05) is 6.92 Å². The number of aromatic nitrogens is 5. The highest BCUT2D eigenvalue weighted by Gasteiger charge is 2.32. The predicted molar refractivity (Wildman–Crippen MR) is 163 cm³/mol. The first-order chi connectivity index (χ1) is 21.4. The van der Waals surface area contributed by atoms with Crippen molar-refractivity contribution in [3.63, 3.8) is 0 Å². The van der Waals surface area contributed by atoms with Gasteiger partial charge in [-0.3, -0.25) is 15.0 Å². The van der Waals surface area contributed by atoms with Crippen LogP contribution in [0.15, 0.2) is 42.7 Å². The highest BCUT2D eigenvalue weighted by atomic mass is 19.1. The third-order valence-electron chi connectivity index (χ3n) is 8.01. The summed E-state index contributed by atoms with van der Waals surface area (Å²) < 4.78 is 37.1. The average molecular weight is 603 g/mol. The molecule has 6 rings (SSSR count). The monoisotopic (exact) mass is 602 g/mol. The van der Waals surface area contributed by atoms with E-state index in [4.69, 9.17) is 14.8 Å². The number of benzene rings is 1. The Labute approximate surface area is 254 Å². The summed E-state index contributed by atoms with van der Waals surface area (Å²) in [5.41, 5.74) is 2.86. The lowest BCUT2D eigenvalue weighted by atomic mass is 9.96. The lowest BCUT2D eigenvalue weighted by Gasteiger charge is -2.22. The first-order valence-electron chi connectivity index (χ1n) is 15.2. The Bertz CT molecular complexity index is 1610. The number of urea groups is 1. The zero-order chi connectivity index (χ0) is 30.6. The predicted octanol–water partition coefficient (Wildman–Crippen LogP) is 6.84. The highest BCUT2D eigenvalue weighted by Crippen LogP contribution is 2.44. The molecule has 3 heterocycles. The number of rotatable bonds is 10. The van der Waals surface area contributed by atoms with Crippen LogP contribution in [0, 0.1) is 18.6 Å². The molecule has 0 atom stereocenters. The second-order valence-corrected chi connectivity index (χ2v) is 11.3. The van der Waals surface area contributed by atoms with Gasteiger partial charge >= 0.3 is 6.03 Å². The van der Waals surface area contributed by atoms with E-state index in [1.165, 1.54) is 18.6 Å². The van der Waals surface area contributed by atoms with E-state index in [2.05, 4.69) is 25.9 Å². The first-order valence-corrected chi connectivity index (χ1v) is 15.2. The number of pyridine rings is 1. The summed E-state index contributed by atoms with van der Waals surface area (Å²) >= 11 is 0. The summed E-state index contributed by atoms with van der Waals surface area (Å²) in [5.74, 6) is 0.000690. The lowest BCUT2D eigenvalue weighted by Crippen LogP contribution is -2.39. The standard InChI is InChI=1S/C32H36F2N8O2/c1-3-44-23-15-25(33)24(26(34)16-23)18-42-30(20-9-10-20)19(2)29(41-42)31-38-27(36-22-11-13-35-14-12-22)17-28(39-31)40-32(43)37-21-7-5-4-6-8-21/h11-17,20-21H,3-10,18H2,1-2H3,(H3,35,36,37,38,39,40,43). The van der Waals surface area contributed by atoms with Gasteiger partial charge in [0, 0.05) is 65.1 Å². The van der Waals surface area contributed by atoms with Gasteiger partial charge in [0.1, 0.15) is 34.7 Å². The zero-order valence-electron chi connectivity index (χ0n) is 24.9. The maximum absolute atomic E-state index is 15.1. The molecule has 44 heavy (non-hydrogen) atoms. The maximum atomic E-state index is 15.1. The van der Waals surface area contributed by atoms with Crippen molar-refractivity contribution in [2.24, 2.45) is 0 Å². The van der Waals surface area contributed by atoms with Crippen molar-refractivity contribution in [1.82, 2.24) is 30.0 Å². The molecule has 230 valence electrons. The highest BCUT2D eigenvalue weighted by molar-refractivity contribution is 5.89. The van der Waals surface area contributed by atoms with Gasteiger partial charge in [-0.1, -0.05) is 19.3 Å². The van der Waals surface area contributed by atoms with E-state index in [-0.39, 0.29) is 41.7 Å². The van der Waals surface area contributed by atoms with Crippen LogP contribution in [0.1, 0.15) is 74.6 Å². The van der Waals surface area contributed by atoms with Crippen LogP contribution in [0.25, 0.3) is 11.5 Å². The number of hydrogen-bond donors (Lipinski definition) is 3. The van der Waals surface area contributed by atoms with Gasteiger partial charge in [0.25, 0.3) is 0 Å². The van der Waals surface area contributed by atoms with Gasteiger partial charge < -0.3 is 15.4 Å². The van der Waals surface area contributed by atoms with E-state index in [1.54, 1.807) is 42.2 Å². The lowest BCUT2D eigenvalue weighted by molar-refractivity contribution is 0.244. The molecule has 2 aliphatic rings. The SMILES string of the molecule is CCOc1cc(F)c(Cn2nc(-c3nc(NC(=O)NC4CCCCC4)cc(Nc4ccncc4)n3)c(C)c2C2CC2)c(F)c1. The largest absolute Gasteiger partial charge is 0.494 e. The van der Waals surface area contributed by atoms with E-state index in [9.17, 15) is 4.79 Å². The molecule has 2 aliphatic carbocycles. The Kier molecular flexibility index (Phi) is 8.67. The number of anilines is 3. The van der Waals surface area contributed by atoms with Gasteiger partial charge in [-0.2, -0.15) is 5.10 Å². The van der Waals surface area contributed by atoms with Crippen LogP contribution < -0.4 is 20.7 Å². The van der Waals surface area contributed by atoms with Gasteiger partial charge in [-0.25, -0.2) is 23.5 Å².